The summed E-state index contributed by atoms with van der Waals surface area (Å²) in [5, 5.41) is 17.1. The molecule has 0 spiro atoms. The van der Waals surface area contributed by atoms with Crippen molar-refractivity contribution in [1.29, 1.82) is 0 Å². The van der Waals surface area contributed by atoms with Crippen molar-refractivity contribution in [2.24, 2.45) is 5.92 Å². The van der Waals surface area contributed by atoms with Gasteiger partial charge in [-0.15, -0.1) is 0 Å². The second-order valence-electron chi connectivity index (χ2n) is 10.3. The number of benzene rings is 2. The molecule has 0 aliphatic carbocycles. The number of aldehydes is 1. The number of halogens is 2. The molecular weight excluding hydrogens is 492 g/mol. The summed E-state index contributed by atoms with van der Waals surface area (Å²) in [5.74, 6) is -1.17. The molecule has 7 nitrogen and oxygen atoms in total. The van der Waals surface area contributed by atoms with Crippen molar-refractivity contribution in [2.75, 3.05) is 20.1 Å². The lowest BCUT2D eigenvalue weighted by atomic mass is 9.95. The maximum absolute atomic E-state index is 13.4. The van der Waals surface area contributed by atoms with Crippen LogP contribution in [0.5, 0.6) is 0 Å². The first kappa shape index (κ1) is 29.8. The van der Waals surface area contributed by atoms with Gasteiger partial charge in [0.2, 0.25) is 5.91 Å². The Bertz CT molecular complexity index is 1020. The first-order valence-electron chi connectivity index (χ1n) is 13.1. The molecular formula is C29H39F2N3O4. The number of nitrogens with zero attached hydrogens (tertiary/aromatic N) is 1. The highest BCUT2D eigenvalue weighted by atomic mass is 19.1. The van der Waals surface area contributed by atoms with Gasteiger partial charge in [0.1, 0.15) is 17.9 Å². The highest BCUT2D eigenvalue weighted by Crippen LogP contribution is 2.20. The summed E-state index contributed by atoms with van der Waals surface area (Å²) in [6, 6.07) is 13.2. The standard InChI is InChI=1S/C21H26F2N2O2.C8H13NO2/c1-24-19(9-15-7-16(22)10-17(23)8-15)21(26)20-11-18(12-25-20)27-13-14-5-3-2-4-6-14;1-6(2)9-4-7(5-10)3-8(9)11/h2-8,10,18-21,24-26H,9,11-13H2,1H3;5-7H,3-4H2,1-2H3. The first-order valence-corrected chi connectivity index (χ1v) is 13.1. The van der Waals surface area contributed by atoms with Gasteiger partial charge >= 0.3 is 0 Å². The summed E-state index contributed by atoms with van der Waals surface area (Å²) in [4.78, 5) is 23.2. The predicted octanol–water partition coefficient (Wildman–Crippen LogP) is 2.85. The fourth-order valence-corrected chi connectivity index (χ4v) is 4.92. The molecule has 4 rings (SSSR count). The van der Waals surface area contributed by atoms with Crippen LogP contribution in [0.3, 0.4) is 0 Å². The van der Waals surface area contributed by atoms with Crippen LogP contribution in [0.25, 0.3) is 0 Å². The Balaban J connectivity index is 0.000000304. The number of likely N-dealkylation sites (tertiary alicyclic amines) is 1. The van der Waals surface area contributed by atoms with Gasteiger partial charge in [0.05, 0.1) is 18.8 Å². The molecule has 2 aromatic rings. The van der Waals surface area contributed by atoms with Gasteiger partial charge < -0.3 is 30.2 Å². The van der Waals surface area contributed by atoms with E-state index in [-0.39, 0.29) is 36.1 Å². The zero-order valence-electron chi connectivity index (χ0n) is 22.3. The van der Waals surface area contributed by atoms with E-state index in [1.807, 2.05) is 44.2 Å². The smallest absolute Gasteiger partial charge is 0.223 e. The summed E-state index contributed by atoms with van der Waals surface area (Å²) >= 11 is 0. The van der Waals surface area contributed by atoms with E-state index in [0.717, 1.165) is 17.9 Å². The summed E-state index contributed by atoms with van der Waals surface area (Å²) in [6.45, 7) is 5.74. The Morgan fingerprint density at radius 1 is 1.16 bits per heavy atom. The van der Waals surface area contributed by atoms with Gasteiger partial charge in [0.25, 0.3) is 0 Å². The maximum Gasteiger partial charge on any atom is 0.223 e. The molecule has 9 heteroatoms. The fourth-order valence-electron chi connectivity index (χ4n) is 4.92. The largest absolute Gasteiger partial charge is 0.390 e. The van der Waals surface area contributed by atoms with Crippen LogP contribution in [0, 0.1) is 17.6 Å². The first-order chi connectivity index (χ1) is 18.2. The van der Waals surface area contributed by atoms with Crippen LogP contribution in [0.4, 0.5) is 8.78 Å². The van der Waals surface area contributed by atoms with Gasteiger partial charge in [0, 0.05) is 49.6 Å². The van der Waals surface area contributed by atoms with Crippen LogP contribution in [-0.2, 0) is 27.4 Å². The molecule has 2 saturated heterocycles. The number of aliphatic hydroxyl groups excluding tert-OH is 1. The van der Waals surface area contributed by atoms with E-state index >= 15 is 0 Å². The summed E-state index contributed by atoms with van der Waals surface area (Å²) in [7, 11) is 1.74. The van der Waals surface area contributed by atoms with Crippen molar-refractivity contribution in [3.05, 3.63) is 71.3 Å². The van der Waals surface area contributed by atoms with Gasteiger partial charge in [-0.05, 0) is 57.0 Å². The van der Waals surface area contributed by atoms with E-state index < -0.39 is 17.7 Å². The van der Waals surface area contributed by atoms with E-state index in [4.69, 9.17) is 4.74 Å². The van der Waals surface area contributed by atoms with Crippen molar-refractivity contribution >= 4 is 12.2 Å². The van der Waals surface area contributed by atoms with Crippen molar-refractivity contribution < 1.29 is 28.2 Å². The molecule has 0 bridgehead atoms. The average molecular weight is 532 g/mol. The number of rotatable bonds is 10. The lowest BCUT2D eigenvalue weighted by molar-refractivity contribution is -0.129. The van der Waals surface area contributed by atoms with Crippen LogP contribution in [0.1, 0.15) is 37.8 Å². The Labute approximate surface area is 223 Å². The molecule has 5 atom stereocenters. The number of carbonyl (C=O) groups excluding carboxylic acids is 2. The van der Waals surface area contributed by atoms with Gasteiger partial charge in [-0.1, -0.05) is 30.3 Å². The number of aliphatic hydroxyl groups is 1. The molecule has 2 heterocycles. The van der Waals surface area contributed by atoms with Gasteiger partial charge in [0.15, 0.2) is 0 Å². The fraction of sp³-hybridized carbons (Fsp3) is 0.517. The van der Waals surface area contributed by atoms with Gasteiger partial charge in [-0.25, -0.2) is 8.78 Å². The van der Waals surface area contributed by atoms with Gasteiger partial charge in [-0.2, -0.15) is 0 Å². The molecule has 0 aromatic heterocycles. The molecule has 5 unspecified atom stereocenters. The van der Waals surface area contributed by atoms with E-state index in [9.17, 15) is 23.5 Å². The zero-order chi connectivity index (χ0) is 27.7. The second-order valence-corrected chi connectivity index (χ2v) is 10.3. The Morgan fingerprint density at radius 2 is 1.84 bits per heavy atom. The SMILES string of the molecule is CC(C)N1CC(C=O)CC1=O.CNC(Cc1cc(F)cc(F)c1)C(O)C1CC(OCc2ccccc2)CN1. The van der Waals surface area contributed by atoms with Crippen molar-refractivity contribution in [2.45, 2.75) is 70.1 Å². The minimum atomic E-state index is -0.702. The minimum Gasteiger partial charge on any atom is -0.390 e. The van der Waals surface area contributed by atoms with E-state index in [2.05, 4.69) is 10.6 Å². The third-order valence-corrected chi connectivity index (χ3v) is 7.03. The lowest BCUT2D eigenvalue weighted by Gasteiger charge is -2.27. The number of carbonyl (C=O) groups is 2. The topological polar surface area (TPSA) is 90.9 Å². The second kappa shape index (κ2) is 14.4. The molecule has 2 aliphatic heterocycles. The maximum atomic E-state index is 13.4. The van der Waals surface area contributed by atoms with Gasteiger partial charge in [-0.3, -0.25) is 4.79 Å². The molecule has 2 fully saturated rings. The summed E-state index contributed by atoms with van der Waals surface area (Å²) in [6.07, 6.45) is 1.62. The molecule has 2 aromatic carbocycles. The number of nitrogens with one attached hydrogen (secondary N) is 2. The number of likely N-dealkylation sites (N-methyl/N-ethyl adjacent to an activating group) is 1. The van der Waals surface area contributed by atoms with E-state index in [1.165, 1.54) is 12.1 Å². The van der Waals surface area contributed by atoms with Crippen LogP contribution in [-0.4, -0.2) is 72.7 Å². The highest BCUT2D eigenvalue weighted by molar-refractivity contribution is 5.82. The van der Waals surface area contributed by atoms with Crippen LogP contribution < -0.4 is 10.6 Å². The average Bonchev–Trinajstić information content (AvgIpc) is 3.52. The minimum absolute atomic E-state index is 0.0222. The zero-order valence-corrected chi connectivity index (χ0v) is 22.3. The summed E-state index contributed by atoms with van der Waals surface area (Å²) < 4.78 is 32.8. The van der Waals surface area contributed by atoms with Crippen LogP contribution in [0.15, 0.2) is 48.5 Å². The molecule has 38 heavy (non-hydrogen) atoms. The van der Waals surface area contributed by atoms with E-state index in [1.54, 1.807) is 11.9 Å². The lowest BCUT2D eigenvalue weighted by Crippen LogP contribution is -2.49. The summed E-state index contributed by atoms with van der Waals surface area (Å²) in [5.41, 5.74) is 1.63. The predicted molar refractivity (Wildman–Crippen MR) is 141 cm³/mol. The number of ether oxygens (including phenoxy) is 1. The Morgan fingerprint density at radius 3 is 2.39 bits per heavy atom. The quantitative estimate of drug-likeness (QED) is 0.409. The monoisotopic (exact) mass is 531 g/mol. The molecule has 2 aliphatic rings. The van der Waals surface area contributed by atoms with Crippen LogP contribution in [0.2, 0.25) is 0 Å². The molecule has 0 saturated carbocycles. The normalized spacial score (nSPS) is 22.8. The molecule has 208 valence electrons. The highest BCUT2D eigenvalue weighted by Gasteiger charge is 2.34. The van der Waals surface area contributed by atoms with Crippen molar-refractivity contribution in [1.82, 2.24) is 15.5 Å². The number of amides is 1. The van der Waals surface area contributed by atoms with Crippen molar-refractivity contribution in [3.8, 4) is 0 Å². The van der Waals surface area contributed by atoms with E-state index in [0.29, 0.717) is 44.5 Å². The molecule has 3 N–H and O–H groups in total. The Hall–Kier alpha value is -2.72. The third-order valence-electron chi connectivity index (χ3n) is 7.03. The van der Waals surface area contributed by atoms with Crippen molar-refractivity contribution in [3.63, 3.8) is 0 Å². The Kier molecular flexibility index (Phi) is 11.3. The third kappa shape index (κ3) is 8.66. The molecule has 1 amide bonds. The van der Waals surface area contributed by atoms with Crippen LogP contribution >= 0.6 is 0 Å². The number of hydrogen-bond acceptors (Lipinski definition) is 6. The number of hydrogen-bond donors (Lipinski definition) is 3. The molecule has 0 radical (unpaired) electrons.